The Morgan fingerprint density at radius 2 is 1.90 bits per heavy atom. The molecule has 0 bridgehead atoms. The molecule has 1 aromatic carbocycles. The van der Waals surface area contributed by atoms with E-state index in [1.807, 2.05) is 13.8 Å². The van der Waals surface area contributed by atoms with Crippen LogP contribution in [-0.4, -0.2) is 39.5 Å². The van der Waals surface area contributed by atoms with Crippen LogP contribution in [0.25, 0.3) is 0 Å². The number of benzene rings is 1. The molecule has 0 atom stereocenters. The zero-order valence-corrected chi connectivity index (χ0v) is 13.0. The fourth-order valence-electron chi connectivity index (χ4n) is 2.56. The second-order valence-corrected chi connectivity index (χ2v) is 7.14. The lowest BCUT2D eigenvalue weighted by molar-refractivity contribution is 0.344. The molecule has 1 aliphatic heterocycles. The number of nitrogens with one attached hydrogen (secondary N) is 1. The van der Waals surface area contributed by atoms with Crippen molar-refractivity contribution in [3.8, 4) is 0 Å². The molecular weight excluding hydrogens is 274 g/mol. The third kappa shape index (κ3) is 3.50. The molecule has 0 radical (unpaired) electrons. The highest BCUT2D eigenvalue weighted by molar-refractivity contribution is 7.89. The highest BCUT2D eigenvalue weighted by atomic mass is 32.2. The van der Waals surface area contributed by atoms with E-state index in [1.54, 1.807) is 6.07 Å². The summed E-state index contributed by atoms with van der Waals surface area (Å²) in [4.78, 5) is 2.57. The summed E-state index contributed by atoms with van der Waals surface area (Å²) < 4.78 is 27.4. The molecule has 0 aliphatic carbocycles. The van der Waals surface area contributed by atoms with Crippen LogP contribution in [0.1, 0.15) is 24.0 Å². The van der Waals surface area contributed by atoms with E-state index in [4.69, 9.17) is 5.73 Å². The first-order valence-corrected chi connectivity index (χ1v) is 8.47. The Hall–Kier alpha value is -1.11. The van der Waals surface area contributed by atoms with Crippen molar-refractivity contribution >= 4 is 15.7 Å². The minimum atomic E-state index is -3.48. The first-order valence-electron chi connectivity index (χ1n) is 6.99. The number of likely N-dealkylation sites (tertiary alicyclic amines) is 1. The van der Waals surface area contributed by atoms with Gasteiger partial charge in [0, 0.05) is 18.8 Å². The summed E-state index contributed by atoms with van der Waals surface area (Å²) in [5, 5.41) is 0. The molecule has 20 heavy (non-hydrogen) atoms. The third-order valence-electron chi connectivity index (χ3n) is 3.85. The topological polar surface area (TPSA) is 75.4 Å². The van der Waals surface area contributed by atoms with Crippen molar-refractivity contribution in [2.24, 2.45) is 0 Å². The average molecular weight is 297 g/mol. The molecule has 1 aromatic rings. The van der Waals surface area contributed by atoms with Gasteiger partial charge in [-0.3, -0.25) is 0 Å². The van der Waals surface area contributed by atoms with Crippen LogP contribution in [0.2, 0.25) is 0 Å². The number of hydrogen-bond donors (Lipinski definition) is 2. The number of nitrogen functional groups attached to an aromatic ring is 1. The minimum absolute atomic E-state index is 0.288. The van der Waals surface area contributed by atoms with Gasteiger partial charge in [0.05, 0.1) is 4.90 Å². The summed E-state index contributed by atoms with van der Waals surface area (Å²) in [7, 11) is -3.48. The predicted octanol–water partition coefficient (Wildman–Crippen LogP) is 1.26. The SMILES string of the molecule is Cc1cc(N)cc(S(=O)(=O)NCCN2CCCC2)c1C. The van der Waals surface area contributed by atoms with Gasteiger partial charge in [-0.05, 0) is 63.0 Å². The fraction of sp³-hybridized carbons (Fsp3) is 0.571. The fourth-order valence-corrected chi connectivity index (χ4v) is 3.93. The molecule has 0 aromatic heterocycles. The highest BCUT2D eigenvalue weighted by Crippen LogP contribution is 2.22. The van der Waals surface area contributed by atoms with Gasteiger partial charge in [0.2, 0.25) is 10.0 Å². The first kappa shape index (κ1) is 15.3. The van der Waals surface area contributed by atoms with Gasteiger partial charge in [0.1, 0.15) is 0 Å². The van der Waals surface area contributed by atoms with E-state index in [2.05, 4.69) is 9.62 Å². The second-order valence-electron chi connectivity index (χ2n) is 5.41. The lowest BCUT2D eigenvalue weighted by Crippen LogP contribution is -2.33. The van der Waals surface area contributed by atoms with Crippen LogP contribution in [0.3, 0.4) is 0 Å². The lowest BCUT2D eigenvalue weighted by Gasteiger charge is -2.16. The van der Waals surface area contributed by atoms with E-state index in [0.717, 1.165) is 30.8 Å². The summed E-state index contributed by atoms with van der Waals surface area (Å²) in [6, 6.07) is 3.32. The van der Waals surface area contributed by atoms with Crippen molar-refractivity contribution in [1.29, 1.82) is 0 Å². The number of nitrogens with two attached hydrogens (primary N) is 1. The summed E-state index contributed by atoms with van der Waals surface area (Å²) in [6.45, 7) is 7.02. The van der Waals surface area contributed by atoms with Gasteiger partial charge < -0.3 is 10.6 Å². The van der Waals surface area contributed by atoms with E-state index >= 15 is 0 Å². The number of sulfonamides is 1. The molecule has 0 amide bonds. The van der Waals surface area contributed by atoms with Gasteiger partial charge in [-0.2, -0.15) is 0 Å². The molecule has 3 N–H and O–H groups in total. The average Bonchev–Trinajstić information content (AvgIpc) is 2.86. The Labute approximate surface area is 121 Å². The van der Waals surface area contributed by atoms with Crippen LogP contribution in [0, 0.1) is 13.8 Å². The van der Waals surface area contributed by atoms with Crippen LogP contribution < -0.4 is 10.5 Å². The van der Waals surface area contributed by atoms with Gasteiger partial charge in [-0.15, -0.1) is 0 Å². The zero-order chi connectivity index (χ0) is 14.8. The van der Waals surface area contributed by atoms with Crippen LogP contribution in [0.4, 0.5) is 5.69 Å². The predicted molar refractivity (Wildman–Crippen MR) is 81.2 cm³/mol. The first-order chi connectivity index (χ1) is 9.40. The maximum atomic E-state index is 12.3. The van der Waals surface area contributed by atoms with Crippen molar-refractivity contribution < 1.29 is 8.42 Å². The molecule has 1 saturated heterocycles. The summed E-state index contributed by atoms with van der Waals surface area (Å²) in [5.41, 5.74) is 7.88. The molecule has 0 saturated carbocycles. The molecule has 1 aliphatic rings. The third-order valence-corrected chi connectivity index (χ3v) is 5.44. The van der Waals surface area contributed by atoms with Gasteiger partial charge in [0.15, 0.2) is 0 Å². The Balaban J connectivity index is 2.06. The molecule has 6 heteroatoms. The van der Waals surface area contributed by atoms with E-state index in [-0.39, 0.29) is 4.90 Å². The number of nitrogens with zero attached hydrogens (tertiary/aromatic N) is 1. The summed E-state index contributed by atoms with van der Waals surface area (Å²) >= 11 is 0. The molecular formula is C14H23N3O2S. The van der Waals surface area contributed by atoms with Gasteiger partial charge in [-0.25, -0.2) is 13.1 Å². The molecule has 1 heterocycles. The summed E-state index contributed by atoms with van der Waals surface area (Å²) in [6.07, 6.45) is 2.42. The maximum Gasteiger partial charge on any atom is 0.240 e. The Morgan fingerprint density at radius 3 is 2.55 bits per heavy atom. The van der Waals surface area contributed by atoms with E-state index < -0.39 is 10.0 Å². The largest absolute Gasteiger partial charge is 0.399 e. The van der Waals surface area contributed by atoms with E-state index in [9.17, 15) is 8.42 Å². The Morgan fingerprint density at radius 1 is 1.25 bits per heavy atom. The molecule has 1 fully saturated rings. The number of aryl methyl sites for hydroxylation is 1. The number of anilines is 1. The second kappa shape index (κ2) is 6.11. The molecule has 5 nitrogen and oxygen atoms in total. The monoisotopic (exact) mass is 297 g/mol. The van der Waals surface area contributed by atoms with Crippen molar-refractivity contribution in [2.75, 3.05) is 31.9 Å². The van der Waals surface area contributed by atoms with Crippen LogP contribution >= 0.6 is 0 Å². The highest BCUT2D eigenvalue weighted by Gasteiger charge is 2.19. The quantitative estimate of drug-likeness (QED) is 0.802. The normalized spacial score (nSPS) is 16.7. The van der Waals surface area contributed by atoms with E-state index in [1.165, 1.54) is 18.9 Å². The Kier molecular flexibility index (Phi) is 4.67. The van der Waals surface area contributed by atoms with Crippen LogP contribution in [0.15, 0.2) is 17.0 Å². The van der Waals surface area contributed by atoms with Crippen LogP contribution in [-0.2, 0) is 10.0 Å². The standard InChI is InChI=1S/C14H23N3O2S/c1-11-9-13(15)10-14(12(11)2)20(18,19)16-5-8-17-6-3-4-7-17/h9-10,16H,3-8,15H2,1-2H3. The summed E-state index contributed by atoms with van der Waals surface area (Å²) in [5.74, 6) is 0. The maximum absolute atomic E-state index is 12.3. The van der Waals surface area contributed by atoms with Gasteiger partial charge in [-0.1, -0.05) is 0 Å². The molecule has 0 unspecified atom stereocenters. The van der Waals surface area contributed by atoms with Crippen molar-refractivity contribution in [3.63, 3.8) is 0 Å². The Bertz CT molecular complexity index is 578. The molecule has 2 rings (SSSR count). The minimum Gasteiger partial charge on any atom is -0.399 e. The van der Waals surface area contributed by atoms with Crippen molar-refractivity contribution in [2.45, 2.75) is 31.6 Å². The molecule has 112 valence electrons. The molecule has 0 spiro atoms. The van der Waals surface area contributed by atoms with E-state index in [0.29, 0.717) is 12.2 Å². The van der Waals surface area contributed by atoms with Crippen molar-refractivity contribution in [3.05, 3.63) is 23.3 Å². The zero-order valence-electron chi connectivity index (χ0n) is 12.1. The van der Waals surface area contributed by atoms with Crippen molar-refractivity contribution in [1.82, 2.24) is 9.62 Å². The smallest absolute Gasteiger partial charge is 0.240 e. The van der Waals surface area contributed by atoms with Gasteiger partial charge >= 0.3 is 0 Å². The van der Waals surface area contributed by atoms with Crippen LogP contribution in [0.5, 0.6) is 0 Å². The number of hydrogen-bond acceptors (Lipinski definition) is 4. The van der Waals surface area contributed by atoms with Gasteiger partial charge in [0.25, 0.3) is 0 Å². The number of rotatable bonds is 5. The lowest BCUT2D eigenvalue weighted by atomic mass is 10.1.